The van der Waals surface area contributed by atoms with Crippen molar-refractivity contribution in [3.63, 3.8) is 0 Å². The number of allylic oxidation sites excluding steroid dienone is 2. The maximum absolute atomic E-state index is 5.58. The minimum Gasteiger partial charge on any atom is -0.495 e. The molecular weight excluding hydrogens is 128 g/mol. The van der Waals surface area contributed by atoms with Gasteiger partial charge < -0.3 is 9.47 Å². The lowest BCUT2D eigenvalue weighted by atomic mass is 10.2. The van der Waals surface area contributed by atoms with Crippen LogP contribution >= 0.6 is 0 Å². The molecule has 2 rings (SSSR count). The molecule has 1 fully saturated rings. The highest BCUT2D eigenvalue weighted by atomic mass is 16.5. The summed E-state index contributed by atoms with van der Waals surface area (Å²) in [5.41, 5.74) is 0. The fourth-order valence-corrected chi connectivity index (χ4v) is 1.15. The fourth-order valence-electron chi connectivity index (χ4n) is 1.15. The van der Waals surface area contributed by atoms with Crippen LogP contribution < -0.4 is 0 Å². The summed E-state index contributed by atoms with van der Waals surface area (Å²) in [6, 6.07) is 0. The zero-order valence-corrected chi connectivity index (χ0v) is 6.01. The second kappa shape index (κ2) is 2.62. The molecule has 2 aliphatic rings. The van der Waals surface area contributed by atoms with Crippen LogP contribution in [0.2, 0.25) is 0 Å². The SMILES string of the molecule is C1=C(OC2CCOCC2)C1. The van der Waals surface area contributed by atoms with Gasteiger partial charge in [0.1, 0.15) is 6.10 Å². The Morgan fingerprint density at radius 1 is 1.40 bits per heavy atom. The van der Waals surface area contributed by atoms with Crippen molar-refractivity contribution in [1.29, 1.82) is 0 Å². The van der Waals surface area contributed by atoms with Gasteiger partial charge in [0.05, 0.1) is 19.0 Å². The Labute approximate surface area is 60.8 Å². The highest BCUT2D eigenvalue weighted by molar-refractivity contribution is 5.14. The van der Waals surface area contributed by atoms with Crippen LogP contribution in [0.4, 0.5) is 0 Å². The van der Waals surface area contributed by atoms with Gasteiger partial charge in [-0.25, -0.2) is 0 Å². The maximum Gasteiger partial charge on any atom is 0.103 e. The van der Waals surface area contributed by atoms with Crippen molar-refractivity contribution in [1.82, 2.24) is 0 Å². The van der Waals surface area contributed by atoms with Gasteiger partial charge in [0, 0.05) is 19.3 Å². The van der Waals surface area contributed by atoms with E-state index >= 15 is 0 Å². The maximum atomic E-state index is 5.58. The van der Waals surface area contributed by atoms with Gasteiger partial charge in [0.15, 0.2) is 0 Å². The molecule has 0 spiro atoms. The molecule has 2 heteroatoms. The summed E-state index contributed by atoms with van der Waals surface area (Å²) in [6.07, 6.45) is 5.78. The van der Waals surface area contributed by atoms with Crippen LogP contribution in [0.1, 0.15) is 19.3 Å². The van der Waals surface area contributed by atoms with Gasteiger partial charge in [-0.3, -0.25) is 0 Å². The minimum atomic E-state index is 0.447. The standard InChI is InChI=1S/C8H12O2/c1-2-7(1)10-8-3-5-9-6-4-8/h1,8H,2-6H2. The van der Waals surface area contributed by atoms with E-state index in [1.165, 1.54) is 5.76 Å². The summed E-state index contributed by atoms with van der Waals surface area (Å²) in [4.78, 5) is 0. The molecule has 0 amide bonds. The van der Waals surface area contributed by atoms with Crippen LogP contribution in [0, 0.1) is 0 Å². The van der Waals surface area contributed by atoms with Crippen molar-refractivity contribution < 1.29 is 9.47 Å². The normalized spacial score (nSPS) is 25.8. The second-order valence-corrected chi connectivity index (χ2v) is 2.80. The molecule has 0 aromatic heterocycles. The van der Waals surface area contributed by atoms with Gasteiger partial charge in [-0.2, -0.15) is 0 Å². The van der Waals surface area contributed by atoms with E-state index < -0.39 is 0 Å². The van der Waals surface area contributed by atoms with Crippen molar-refractivity contribution in [3.8, 4) is 0 Å². The van der Waals surface area contributed by atoms with E-state index in [0.29, 0.717) is 6.10 Å². The molecule has 0 aromatic rings. The molecule has 0 N–H and O–H groups in total. The third-order valence-electron chi connectivity index (χ3n) is 1.86. The molecule has 1 aliphatic heterocycles. The van der Waals surface area contributed by atoms with Crippen LogP contribution in [-0.4, -0.2) is 19.3 Å². The van der Waals surface area contributed by atoms with Gasteiger partial charge in [0.25, 0.3) is 0 Å². The number of rotatable bonds is 2. The molecule has 0 saturated carbocycles. The van der Waals surface area contributed by atoms with E-state index in [4.69, 9.17) is 9.47 Å². The highest BCUT2D eigenvalue weighted by Crippen LogP contribution is 2.24. The topological polar surface area (TPSA) is 18.5 Å². The molecule has 0 unspecified atom stereocenters. The van der Waals surface area contributed by atoms with Gasteiger partial charge >= 0.3 is 0 Å². The molecule has 10 heavy (non-hydrogen) atoms. The summed E-state index contributed by atoms with van der Waals surface area (Å²) < 4.78 is 10.8. The van der Waals surface area contributed by atoms with Crippen LogP contribution in [-0.2, 0) is 9.47 Å². The van der Waals surface area contributed by atoms with Gasteiger partial charge in [-0.15, -0.1) is 0 Å². The Kier molecular flexibility index (Phi) is 1.63. The average Bonchev–Trinajstić information content (AvgIpc) is 2.74. The Balaban J connectivity index is 1.74. The van der Waals surface area contributed by atoms with Gasteiger partial charge in [-0.1, -0.05) is 0 Å². The number of ether oxygens (including phenoxy) is 2. The Morgan fingerprint density at radius 2 is 2.10 bits per heavy atom. The van der Waals surface area contributed by atoms with E-state index in [1.54, 1.807) is 0 Å². The van der Waals surface area contributed by atoms with E-state index in [9.17, 15) is 0 Å². The molecule has 56 valence electrons. The van der Waals surface area contributed by atoms with Gasteiger partial charge in [0.2, 0.25) is 0 Å². The Hall–Kier alpha value is -0.500. The summed E-state index contributed by atoms with van der Waals surface area (Å²) in [7, 11) is 0. The molecule has 0 atom stereocenters. The molecular formula is C8H12O2. The largest absolute Gasteiger partial charge is 0.495 e. The first-order chi connectivity index (χ1) is 4.95. The van der Waals surface area contributed by atoms with E-state index in [0.717, 1.165) is 32.5 Å². The summed E-state index contributed by atoms with van der Waals surface area (Å²) in [6.45, 7) is 1.75. The van der Waals surface area contributed by atoms with Crippen LogP contribution in [0.3, 0.4) is 0 Å². The monoisotopic (exact) mass is 140 g/mol. The first-order valence-corrected chi connectivity index (χ1v) is 3.88. The van der Waals surface area contributed by atoms with Crippen molar-refractivity contribution >= 4 is 0 Å². The molecule has 2 nitrogen and oxygen atoms in total. The lowest BCUT2D eigenvalue weighted by Crippen LogP contribution is -2.21. The molecule has 0 bridgehead atoms. The van der Waals surface area contributed by atoms with Crippen molar-refractivity contribution in [2.24, 2.45) is 0 Å². The minimum absolute atomic E-state index is 0.447. The van der Waals surface area contributed by atoms with Gasteiger partial charge in [-0.05, 0) is 6.08 Å². The smallest absolute Gasteiger partial charge is 0.103 e. The first-order valence-electron chi connectivity index (χ1n) is 3.88. The number of hydrogen-bond donors (Lipinski definition) is 0. The van der Waals surface area contributed by atoms with Crippen molar-refractivity contribution in [3.05, 3.63) is 11.8 Å². The lowest BCUT2D eigenvalue weighted by molar-refractivity contribution is -0.0000446. The molecule has 0 radical (unpaired) electrons. The van der Waals surface area contributed by atoms with Crippen LogP contribution in [0.15, 0.2) is 11.8 Å². The molecule has 1 saturated heterocycles. The predicted molar refractivity (Wildman–Crippen MR) is 37.6 cm³/mol. The third-order valence-corrected chi connectivity index (χ3v) is 1.86. The third kappa shape index (κ3) is 1.51. The quantitative estimate of drug-likeness (QED) is 0.578. The van der Waals surface area contributed by atoms with Crippen LogP contribution in [0.25, 0.3) is 0 Å². The molecule has 0 aromatic carbocycles. The fraction of sp³-hybridized carbons (Fsp3) is 0.750. The summed E-state index contributed by atoms with van der Waals surface area (Å²) in [5, 5.41) is 0. The zero-order chi connectivity index (χ0) is 6.81. The highest BCUT2D eigenvalue weighted by Gasteiger charge is 2.19. The van der Waals surface area contributed by atoms with Crippen LogP contribution in [0.5, 0.6) is 0 Å². The van der Waals surface area contributed by atoms with E-state index in [-0.39, 0.29) is 0 Å². The average molecular weight is 140 g/mol. The van der Waals surface area contributed by atoms with Crippen molar-refractivity contribution in [2.45, 2.75) is 25.4 Å². The van der Waals surface area contributed by atoms with Crippen molar-refractivity contribution in [2.75, 3.05) is 13.2 Å². The zero-order valence-electron chi connectivity index (χ0n) is 6.01. The first kappa shape index (κ1) is 6.23. The summed E-state index contributed by atoms with van der Waals surface area (Å²) in [5.74, 6) is 1.19. The predicted octanol–water partition coefficient (Wildman–Crippen LogP) is 1.47. The molecule has 1 aliphatic carbocycles. The summed E-state index contributed by atoms with van der Waals surface area (Å²) >= 11 is 0. The Morgan fingerprint density at radius 3 is 2.70 bits per heavy atom. The van der Waals surface area contributed by atoms with E-state index in [1.807, 2.05) is 0 Å². The lowest BCUT2D eigenvalue weighted by Gasteiger charge is -2.21. The Bertz CT molecular complexity index is 145. The van der Waals surface area contributed by atoms with E-state index in [2.05, 4.69) is 6.08 Å². The number of hydrogen-bond acceptors (Lipinski definition) is 2. The second-order valence-electron chi connectivity index (χ2n) is 2.80. The molecule has 1 heterocycles.